The summed E-state index contributed by atoms with van der Waals surface area (Å²) in [6.07, 6.45) is -36.9. The molecule has 624 valence electrons. The molecule has 3 saturated heterocycles. The zero-order chi connectivity index (χ0) is 80.2. The first-order valence-electron chi connectivity index (χ1n) is 31.9. The fraction of sp³-hybridized carbons (Fsp3) is 0.958. The Morgan fingerprint density at radius 2 is 0.860 bits per heavy atom. The maximum absolute atomic E-state index is 12.9. The second kappa shape index (κ2) is 33.8. The highest BCUT2D eigenvalue weighted by Crippen LogP contribution is 2.68. The SMILES string of the molecule is CC(C)CCC[C@@H](C)[C@H]1CCC2C3CCC4C[C@@H](OCc5cn([C@@H]6O[C@H](COS(=O)(=O)O)[C@@H](O[C@H]7O[C@H](COS(=O)(=O)O)[C@@H](O[C@H]8O[C@H](COS(=O)(=O)O)[C@@H](OS(=O)(=O)O)[C@H](OS(=O)(=O)O)[C@H]8OS(=O)(=O)O)[C@H](OS(=O)(=O)O)[C@H]7OS(=O)(=O)O)[C@H](OS(=O)(=O)O)[C@H]6OS(=O)(=O)O)nn5)CC[C@]4(C)C3CC[C@@]21C. The molecule has 10 N–H and O–H groups in total. The molecule has 0 radical (unpaired) electrons. The molecule has 0 spiro atoms. The van der Waals surface area contributed by atoms with Gasteiger partial charge in [-0.25, -0.2) is 46.5 Å². The molecule has 8 rings (SSSR count). The molecule has 24 atom stereocenters. The topological polar surface area (TPSA) is 722 Å². The molecule has 59 heteroatoms. The third-order valence-corrected chi connectivity index (χ3v) is 24.8. The number of ether oxygens (including phenoxy) is 6. The van der Waals surface area contributed by atoms with Gasteiger partial charge in [-0.05, 0) is 110 Å². The van der Waals surface area contributed by atoms with E-state index in [1.807, 2.05) is 0 Å². The lowest BCUT2D eigenvalue weighted by atomic mass is 9.44. The van der Waals surface area contributed by atoms with Crippen molar-refractivity contribution in [3.8, 4) is 0 Å². The number of hydrogen-bond acceptors (Lipinski definition) is 38. The minimum Gasteiger partial charge on any atom is -0.372 e. The Balaban J connectivity index is 1.14. The summed E-state index contributed by atoms with van der Waals surface area (Å²) in [6, 6.07) is 0. The average molecular weight is 1760 g/mol. The van der Waals surface area contributed by atoms with Crippen molar-refractivity contribution in [1.29, 1.82) is 0 Å². The van der Waals surface area contributed by atoms with Crippen LogP contribution in [-0.2, 0) is 181 Å². The molecule has 0 aromatic carbocycles. The van der Waals surface area contributed by atoms with Crippen LogP contribution in [0.15, 0.2) is 6.20 Å². The summed E-state index contributed by atoms with van der Waals surface area (Å²) in [5, 5.41) is 7.81. The Hall–Kier alpha value is -2.40. The predicted molar refractivity (Wildman–Crippen MR) is 340 cm³/mol. The van der Waals surface area contributed by atoms with Crippen LogP contribution >= 0.6 is 0 Å². The number of hydrogen-bond donors (Lipinski definition) is 10. The first-order valence-corrected chi connectivity index (χ1v) is 45.6. The van der Waals surface area contributed by atoms with Crippen LogP contribution in [0.5, 0.6) is 0 Å². The monoisotopic (exact) mass is 1760 g/mol. The van der Waals surface area contributed by atoms with Gasteiger partial charge in [0, 0.05) is 0 Å². The van der Waals surface area contributed by atoms with Gasteiger partial charge in [-0.2, -0.15) is 84.2 Å². The van der Waals surface area contributed by atoms with Crippen molar-refractivity contribution in [2.24, 2.45) is 52.3 Å². The minimum absolute atomic E-state index is 0.0230. The molecule has 0 bridgehead atoms. The van der Waals surface area contributed by atoms with Gasteiger partial charge < -0.3 is 28.4 Å². The molecule has 4 heterocycles. The van der Waals surface area contributed by atoms with Crippen LogP contribution in [0.4, 0.5) is 0 Å². The van der Waals surface area contributed by atoms with E-state index in [1.54, 1.807) is 0 Å². The Labute approximate surface area is 615 Å². The van der Waals surface area contributed by atoms with Gasteiger partial charge in [0.1, 0.15) is 60.6 Å². The van der Waals surface area contributed by atoms with E-state index in [2.05, 4.69) is 78.4 Å². The number of nitrogens with zero attached hydrogens (tertiary/aromatic N) is 3. The van der Waals surface area contributed by atoms with E-state index >= 15 is 0 Å². The van der Waals surface area contributed by atoms with Gasteiger partial charge in [-0.3, -0.25) is 45.5 Å². The van der Waals surface area contributed by atoms with Gasteiger partial charge in [0.05, 0.1) is 38.7 Å². The molecule has 4 aliphatic carbocycles. The minimum atomic E-state index is -6.57. The van der Waals surface area contributed by atoms with Crippen LogP contribution in [-0.4, -0.2) is 256 Å². The predicted octanol–water partition coefficient (Wildman–Crippen LogP) is -0.824. The molecule has 3 aliphatic heterocycles. The summed E-state index contributed by atoms with van der Waals surface area (Å²) in [6.45, 7) is 5.19. The van der Waals surface area contributed by atoms with Gasteiger partial charge in [0.15, 0.2) is 37.1 Å². The molecule has 7 aliphatic rings. The van der Waals surface area contributed by atoms with Gasteiger partial charge in [0.2, 0.25) is 0 Å². The van der Waals surface area contributed by atoms with E-state index in [9.17, 15) is 130 Å². The van der Waals surface area contributed by atoms with Gasteiger partial charge in [-0.1, -0.05) is 59.1 Å². The smallest absolute Gasteiger partial charge is 0.372 e. The van der Waals surface area contributed by atoms with Crippen molar-refractivity contribution < 1.29 is 200 Å². The number of fused-ring (bicyclic) bond motifs is 5. The van der Waals surface area contributed by atoms with E-state index in [1.165, 1.54) is 32.1 Å². The first kappa shape index (κ1) is 90.1. The van der Waals surface area contributed by atoms with Crippen molar-refractivity contribution in [1.82, 2.24) is 15.0 Å². The Morgan fingerprint density at radius 1 is 0.458 bits per heavy atom. The lowest BCUT2D eigenvalue weighted by Crippen LogP contribution is -2.68. The van der Waals surface area contributed by atoms with E-state index in [0.29, 0.717) is 53.0 Å². The Bertz CT molecular complexity index is 4480. The van der Waals surface area contributed by atoms with Crippen molar-refractivity contribution in [3.05, 3.63) is 11.9 Å². The van der Waals surface area contributed by atoms with Crippen LogP contribution in [0, 0.1) is 52.3 Å². The summed E-state index contributed by atoms with van der Waals surface area (Å²) in [4.78, 5) is 0. The fourth-order valence-electron chi connectivity index (χ4n) is 16.4. The molecular formula is C48H81N3O46S10. The fourth-order valence-corrected chi connectivity index (χ4v) is 20.8. The van der Waals surface area contributed by atoms with E-state index in [0.717, 1.165) is 38.3 Å². The average Bonchev–Trinajstić information content (AvgIpc) is 1.69. The molecule has 1 aromatic heterocycles. The largest absolute Gasteiger partial charge is 0.397 e. The van der Waals surface area contributed by atoms with E-state index in [4.69, 9.17) is 36.8 Å². The summed E-state index contributed by atoms with van der Waals surface area (Å²) < 4.78 is 427. The van der Waals surface area contributed by atoms with Crippen molar-refractivity contribution in [3.63, 3.8) is 0 Å². The Kier molecular flexibility index (Phi) is 28.5. The van der Waals surface area contributed by atoms with Crippen molar-refractivity contribution in [2.45, 2.75) is 216 Å². The van der Waals surface area contributed by atoms with Gasteiger partial charge >= 0.3 is 104 Å². The lowest BCUT2D eigenvalue weighted by Gasteiger charge is -2.61. The van der Waals surface area contributed by atoms with Crippen LogP contribution in [0.1, 0.15) is 124 Å². The molecule has 107 heavy (non-hydrogen) atoms. The highest BCUT2D eigenvalue weighted by molar-refractivity contribution is 7.83. The zero-order valence-corrected chi connectivity index (χ0v) is 64.4. The lowest BCUT2D eigenvalue weighted by molar-refractivity contribution is -0.364. The van der Waals surface area contributed by atoms with E-state index in [-0.39, 0.29) is 22.4 Å². The first-order chi connectivity index (χ1) is 48.7. The zero-order valence-electron chi connectivity index (χ0n) is 56.3. The normalized spacial score (nSPS) is 36.3. The quantitative estimate of drug-likeness (QED) is 0.0367. The summed E-state index contributed by atoms with van der Waals surface area (Å²) in [5.41, 5.74) is 0.0608. The van der Waals surface area contributed by atoms with Crippen molar-refractivity contribution >= 4 is 104 Å². The third kappa shape index (κ3) is 25.5. The van der Waals surface area contributed by atoms with Gasteiger partial charge in [-0.15, -0.1) is 5.10 Å². The molecule has 0 amide bonds. The van der Waals surface area contributed by atoms with Crippen molar-refractivity contribution in [2.75, 3.05) is 19.8 Å². The van der Waals surface area contributed by atoms with E-state index < -0.39 is 229 Å². The van der Waals surface area contributed by atoms with Crippen LogP contribution in [0.25, 0.3) is 0 Å². The third-order valence-electron chi connectivity index (χ3n) is 20.3. The summed E-state index contributed by atoms with van der Waals surface area (Å²) in [5.74, 6) is 3.73. The number of rotatable bonds is 36. The standard InChI is InChI=1S/C48H81N3O46S10/c1-23(2)7-6-8-24(3)29-11-12-30-28-10-9-25-17-27(13-15-47(25,4)31(28)14-16-48(29,30)5)82-19-26-18-51(50-49-26)44-41(95-105(73,74)75)38(92-102(64,65)66)35(32(86-44)20-83-98(52,53)54)89-45-42(96-106(76,77)78)39(93-103(67,68)69)36(33(87-45)21-84-99(55,56)57)90-46-43(97-107(79,80)81)40(94-104(70,71)72)37(91-101(61,62)63)34(88-46)22-85-100(58,59)60/h18,23-25,27-46H,6-17,19-22H2,1-5H3,(H,52,53,54)(H,55,56,57)(H,58,59,60)(H,61,62,63)(H,64,65,66)(H,67,68,69)(H,70,71,72)(H,73,74,75)(H,76,77,78)(H,79,80,81)/t24-,25?,27+,28?,29-,30?,31?,32-,33-,34-,35-,36-,37-,38+,39+,40+,41-,42-,43-,44-,45-,46-,47+,48-/m1/s1. The molecule has 7 fully saturated rings. The second-order valence-corrected chi connectivity index (χ2v) is 38.1. The molecule has 1 aromatic rings. The molecule has 49 nitrogen and oxygen atoms in total. The second-order valence-electron chi connectivity index (χ2n) is 27.5. The van der Waals surface area contributed by atoms with Crippen LogP contribution < -0.4 is 0 Å². The van der Waals surface area contributed by atoms with Gasteiger partial charge in [0.25, 0.3) is 0 Å². The molecule has 4 saturated carbocycles. The Morgan fingerprint density at radius 3 is 1.32 bits per heavy atom. The maximum atomic E-state index is 12.9. The van der Waals surface area contributed by atoms with Crippen LogP contribution in [0.3, 0.4) is 0 Å². The molecule has 4 unspecified atom stereocenters. The summed E-state index contributed by atoms with van der Waals surface area (Å²) >= 11 is 0. The molecular weight excluding hydrogens is 1680 g/mol. The summed E-state index contributed by atoms with van der Waals surface area (Å²) in [7, 11) is -62.4. The highest BCUT2D eigenvalue weighted by atomic mass is 32.3. The highest BCUT2D eigenvalue weighted by Gasteiger charge is 2.64. The maximum Gasteiger partial charge on any atom is 0.397 e. The van der Waals surface area contributed by atoms with Crippen LogP contribution in [0.2, 0.25) is 0 Å². The number of aromatic nitrogens is 3.